The molecule has 0 unspecified atom stereocenters. The third kappa shape index (κ3) is 3.23. The lowest BCUT2D eigenvalue weighted by Crippen LogP contribution is -2.11. The Morgan fingerprint density at radius 3 is 2.67 bits per heavy atom. The number of methoxy groups -OCH3 is 1. The van der Waals surface area contributed by atoms with Gasteiger partial charge < -0.3 is 14.9 Å². The number of benzene rings is 1. The van der Waals surface area contributed by atoms with Crippen LogP contribution in [0.15, 0.2) is 28.6 Å². The number of aromatic hydroxyl groups is 1. The highest BCUT2D eigenvalue weighted by atomic mass is 32.2. The van der Waals surface area contributed by atoms with E-state index in [1.807, 2.05) is 0 Å². The van der Waals surface area contributed by atoms with Crippen LogP contribution in [0.1, 0.15) is 10.4 Å². The summed E-state index contributed by atoms with van der Waals surface area (Å²) in [5.74, 6) is -1.85. The highest BCUT2D eigenvalue weighted by Gasteiger charge is 2.19. The Kier molecular flexibility index (Phi) is 4.00. The predicted octanol–water partition coefficient (Wildman–Crippen LogP) is 1.36. The number of hydrogen-bond donors (Lipinski definition) is 3. The molecule has 0 aliphatic heterocycles. The number of carboxylic acid groups (broad SMARTS) is 1. The Morgan fingerprint density at radius 2 is 2.14 bits per heavy atom. The van der Waals surface area contributed by atoms with E-state index >= 15 is 0 Å². The second kappa shape index (κ2) is 5.58. The summed E-state index contributed by atoms with van der Waals surface area (Å²) < 4.78 is 31.1. The number of rotatable bonds is 5. The van der Waals surface area contributed by atoms with E-state index in [-0.39, 0.29) is 20.7 Å². The number of carboxylic acids is 1. The number of hydrogen-bond acceptors (Lipinski definition) is 7. The van der Waals surface area contributed by atoms with Gasteiger partial charge in [0.1, 0.15) is 11.3 Å². The molecule has 0 aliphatic carbocycles. The molecule has 10 heteroatoms. The standard InChI is InChI=1S/C11H10N2O6S2/c1-19-11-12-5-9(20-11)21(17,18)13-6-2-3-7(10(15)16)8(14)4-6/h2-5,13-14H,1H3,(H,15,16). The van der Waals surface area contributed by atoms with Crippen molar-refractivity contribution in [2.45, 2.75) is 4.21 Å². The number of phenols is 1. The highest BCUT2D eigenvalue weighted by Crippen LogP contribution is 2.28. The summed E-state index contributed by atoms with van der Waals surface area (Å²) in [6.07, 6.45) is 1.14. The smallest absolute Gasteiger partial charge is 0.339 e. The largest absolute Gasteiger partial charge is 0.507 e. The quantitative estimate of drug-likeness (QED) is 0.755. The molecular formula is C11H10N2O6S2. The SMILES string of the molecule is COc1ncc(S(=O)(=O)Nc2ccc(C(=O)O)c(O)c2)s1. The fourth-order valence-corrected chi connectivity index (χ4v) is 3.42. The lowest BCUT2D eigenvalue weighted by Gasteiger charge is -2.07. The second-order valence-electron chi connectivity index (χ2n) is 3.79. The van der Waals surface area contributed by atoms with Crippen LogP contribution in [0.25, 0.3) is 0 Å². The topological polar surface area (TPSA) is 126 Å². The molecule has 0 atom stereocenters. The fraction of sp³-hybridized carbons (Fsp3) is 0.0909. The summed E-state index contributed by atoms with van der Waals surface area (Å²) in [6.45, 7) is 0. The zero-order valence-corrected chi connectivity index (χ0v) is 12.2. The number of anilines is 1. The Hall–Kier alpha value is -2.33. The molecule has 8 nitrogen and oxygen atoms in total. The molecule has 2 rings (SSSR count). The van der Waals surface area contributed by atoms with Crippen LogP contribution in [0.2, 0.25) is 0 Å². The van der Waals surface area contributed by atoms with Crippen LogP contribution in [0.3, 0.4) is 0 Å². The van der Waals surface area contributed by atoms with Gasteiger partial charge in [0.15, 0.2) is 4.21 Å². The number of aromatic nitrogens is 1. The van der Waals surface area contributed by atoms with Crippen molar-refractivity contribution in [3.05, 3.63) is 30.0 Å². The molecule has 0 saturated heterocycles. The van der Waals surface area contributed by atoms with Crippen molar-refractivity contribution in [1.29, 1.82) is 0 Å². The summed E-state index contributed by atoms with van der Waals surface area (Å²) in [7, 11) is -2.52. The number of nitrogens with one attached hydrogen (secondary N) is 1. The highest BCUT2D eigenvalue weighted by molar-refractivity contribution is 7.94. The number of thiazole rings is 1. The maximum absolute atomic E-state index is 12.1. The number of nitrogens with zero attached hydrogens (tertiary/aromatic N) is 1. The average molecular weight is 330 g/mol. The monoisotopic (exact) mass is 330 g/mol. The molecule has 1 heterocycles. The van der Waals surface area contributed by atoms with E-state index in [0.717, 1.165) is 29.7 Å². The second-order valence-corrected chi connectivity index (χ2v) is 6.69. The minimum atomic E-state index is -3.88. The molecule has 2 aromatic rings. The van der Waals surface area contributed by atoms with Gasteiger partial charge in [0.25, 0.3) is 15.2 Å². The predicted molar refractivity (Wildman–Crippen MR) is 74.5 cm³/mol. The number of sulfonamides is 1. The third-order valence-electron chi connectivity index (χ3n) is 2.38. The summed E-state index contributed by atoms with van der Waals surface area (Å²) in [5, 5.41) is 18.5. The number of carbonyl (C=O) groups is 1. The Bertz CT molecular complexity index is 784. The lowest BCUT2D eigenvalue weighted by atomic mass is 10.2. The lowest BCUT2D eigenvalue weighted by molar-refractivity contribution is 0.0694. The summed E-state index contributed by atoms with van der Waals surface area (Å²) >= 11 is 0.831. The van der Waals surface area contributed by atoms with Gasteiger partial charge in [-0.2, -0.15) is 0 Å². The van der Waals surface area contributed by atoms with Crippen LogP contribution >= 0.6 is 11.3 Å². The van der Waals surface area contributed by atoms with E-state index in [4.69, 9.17) is 9.84 Å². The Labute approximate surface area is 123 Å². The maximum atomic E-state index is 12.1. The number of ether oxygens (including phenoxy) is 1. The third-order valence-corrected chi connectivity index (χ3v) is 5.18. The van der Waals surface area contributed by atoms with Crippen molar-refractivity contribution < 1.29 is 28.2 Å². The average Bonchev–Trinajstić information content (AvgIpc) is 2.87. The molecule has 0 bridgehead atoms. The van der Waals surface area contributed by atoms with E-state index in [1.54, 1.807) is 0 Å². The number of aromatic carboxylic acids is 1. The summed E-state index contributed by atoms with van der Waals surface area (Å²) in [4.78, 5) is 14.5. The van der Waals surface area contributed by atoms with Gasteiger partial charge in [-0.3, -0.25) is 4.72 Å². The summed E-state index contributed by atoms with van der Waals surface area (Å²) in [6, 6.07) is 3.35. The Balaban J connectivity index is 2.28. The zero-order chi connectivity index (χ0) is 15.6. The Morgan fingerprint density at radius 1 is 1.43 bits per heavy atom. The van der Waals surface area contributed by atoms with Gasteiger partial charge in [0.05, 0.1) is 19.0 Å². The first-order valence-electron chi connectivity index (χ1n) is 5.42. The van der Waals surface area contributed by atoms with E-state index in [0.29, 0.717) is 0 Å². The van der Waals surface area contributed by atoms with Crippen molar-refractivity contribution in [1.82, 2.24) is 4.98 Å². The van der Waals surface area contributed by atoms with Crippen molar-refractivity contribution in [2.24, 2.45) is 0 Å². The van der Waals surface area contributed by atoms with E-state index < -0.39 is 21.7 Å². The minimum absolute atomic E-state index is 0.0323. The maximum Gasteiger partial charge on any atom is 0.339 e. The van der Waals surface area contributed by atoms with Gasteiger partial charge in [-0.1, -0.05) is 11.3 Å². The van der Waals surface area contributed by atoms with Gasteiger partial charge in [-0.15, -0.1) is 0 Å². The fourth-order valence-electron chi connectivity index (χ4n) is 1.44. The van der Waals surface area contributed by atoms with Crippen LogP contribution in [-0.4, -0.2) is 36.7 Å². The first-order chi connectivity index (χ1) is 9.83. The van der Waals surface area contributed by atoms with Crippen molar-refractivity contribution in [3.8, 4) is 10.9 Å². The van der Waals surface area contributed by atoms with Crippen LogP contribution in [0.4, 0.5) is 5.69 Å². The van der Waals surface area contributed by atoms with Crippen LogP contribution in [0, 0.1) is 0 Å². The van der Waals surface area contributed by atoms with Gasteiger partial charge in [0, 0.05) is 6.07 Å². The first-order valence-corrected chi connectivity index (χ1v) is 7.72. The minimum Gasteiger partial charge on any atom is -0.507 e. The molecular weight excluding hydrogens is 320 g/mol. The molecule has 3 N–H and O–H groups in total. The first kappa shape index (κ1) is 15.1. The molecule has 1 aromatic carbocycles. The molecule has 112 valence electrons. The van der Waals surface area contributed by atoms with Crippen molar-refractivity contribution in [3.63, 3.8) is 0 Å². The van der Waals surface area contributed by atoms with Crippen molar-refractivity contribution in [2.75, 3.05) is 11.8 Å². The van der Waals surface area contributed by atoms with Gasteiger partial charge in [0.2, 0.25) is 0 Å². The molecule has 1 aromatic heterocycles. The molecule has 0 radical (unpaired) electrons. The normalized spacial score (nSPS) is 11.1. The molecule has 21 heavy (non-hydrogen) atoms. The summed E-state index contributed by atoms with van der Waals surface area (Å²) in [5.41, 5.74) is -0.290. The van der Waals surface area contributed by atoms with E-state index in [1.165, 1.54) is 13.2 Å². The molecule has 0 fully saturated rings. The molecule has 0 amide bonds. The zero-order valence-electron chi connectivity index (χ0n) is 10.6. The van der Waals surface area contributed by atoms with Gasteiger partial charge >= 0.3 is 5.97 Å². The van der Waals surface area contributed by atoms with Crippen molar-refractivity contribution >= 4 is 33.0 Å². The van der Waals surface area contributed by atoms with Gasteiger partial charge in [-0.25, -0.2) is 18.2 Å². The van der Waals surface area contributed by atoms with Gasteiger partial charge in [-0.05, 0) is 12.1 Å². The van der Waals surface area contributed by atoms with Crippen LogP contribution in [-0.2, 0) is 10.0 Å². The molecule has 0 saturated carbocycles. The molecule has 0 aliphatic rings. The van der Waals surface area contributed by atoms with Crippen LogP contribution in [0.5, 0.6) is 10.9 Å². The van der Waals surface area contributed by atoms with Crippen LogP contribution < -0.4 is 9.46 Å². The van der Waals surface area contributed by atoms with E-state index in [2.05, 4.69) is 9.71 Å². The van der Waals surface area contributed by atoms with E-state index in [9.17, 15) is 18.3 Å². The molecule has 0 spiro atoms.